The minimum atomic E-state index is -0.596. The van der Waals surface area contributed by atoms with E-state index in [1.807, 2.05) is 24.3 Å². The zero-order valence-corrected chi connectivity index (χ0v) is 14.3. The number of amides is 2. The average Bonchev–Trinajstić information content (AvgIpc) is 2.58. The molecule has 0 aliphatic carbocycles. The maximum atomic E-state index is 11.2. The summed E-state index contributed by atoms with van der Waals surface area (Å²) in [7, 11) is 0. The van der Waals surface area contributed by atoms with Gasteiger partial charge in [-0.2, -0.15) is 10.2 Å². The highest BCUT2D eigenvalue weighted by molar-refractivity contribution is 6.02. The van der Waals surface area contributed by atoms with Gasteiger partial charge in [-0.15, -0.1) is 0 Å². The zero-order valence-electron chi connectivity index (χ0n) is 14.3. The Balaban J connectivity index is 2.70. The molecular weight excluding hydrogens is 312 g/mol. The first kappa shape index (κ1) is 19.1. The molecule has 2 N–H and O–H groups in total. The lowest BCUT2D eigenvalue weighted by molar-refractivity contribution is 0.151. The highest BCUT2D eigenvalue weighted by atomic mass is 16.6. The van der Waals surface area contributed by atoms with E-state index in [2.05, 4.69) is 21.1 Å². The van der Waals surface area contributed by atoms with Crippen molar-refractivity contribution in [2.75, 3.05) is 13.2 Å². The Kier molecular flexibility index (Phi) is 7.97. The van der Waals surface area contributed by atoms with E-state index in [1.165, 1.54) is 0 Å². The van der Waals surface area contributed by atoms with Crippen molar-refractivity contribution in [2.45, 2.75) is 27.7 Å². The van der Waals surface area contributed by atoms with Gasteiger partial charge in [0.05, 0.1) is 24.6 Å². The number of carbonyl (C=O) groups is 2. The van der Waals surface area contributed by atoms with Crippen molar-refractivity contribution in [1.29, 1.82) is 0 Å². The van der Waals surface area contributed by atoms with Crippen molar-refractivity contribution >= 4 is 23.6 Å². The van der Waals surface area contributed by atoms with Crippen LogP contribution in [0.15, 0.2) is 34.5 Å². The molecule has 0 saturated heterocycles. The van der Waals surface area contributed by atoms with Crippen molar-refractivity contribution in [1.82, 2.24) is 10.9 Å². The van der Waals surface area contributed by atoms with Crippen molar-refractivity contribution in [3.63, 3.8) is 0 Å². The first-order valence-corrected chi connectivity index (χ1v) is 7.52. The van der Waals surface area contributed by atoms with E-state index in [0.29, 0.717) is 11.4 Å². The van der Waals surface area contributed by atoms with E-state index in [-0.39, 0.29) is 13.2 Å². The Bertz CT molecular complexity index is 568. The number of nitrogens with zero attached hydrogens (tertiary/aromatic N) is 2. The molecule has 0 saturated carbocycles. The third-order valence-corrected chi connectivity index (χ3v) is 2.90. The van der Waals surface area contributed by atoms with E-state index in [0.717, 1.165) is 11.1 Å². The van der Waals surface area contributed by atoms with Gasteiger partial charge in [-0.05, 0) is 38.8 Å². The van der Waals surface area contributed by atoms with Gasteiger partial charge in [0.15, 0.2) is 0 Å². The van der Waals surface area contributed by atoms with Crippen LogP contribution in [-0.2, 0) is 9.47 Å². The Hall–Kier alpha value is -2.90. The summed E-state index contributed by atoms with van der Waals surface area (Å²) in [5.41, 5.74) is 7.55. The molecule has 0 aliphatic rings. The molecule has 1 aromatic carbocycles. The van der Waals surface area contributed by atoms with Crippen LogP contribution < -0.4 is 10.9 Å². The molecule has 0 spiro atoms. The third kappa shape index (κ3) is 6.47. The maximum absolute atomic E-state index is 11.2. The zero-order chi connectivity index (χ0) is 17.9. The lowest BCUT2D eigenvalue weighted by Gasteiger charge is -2.05. The molecule has 2 amide bonds. The van der Waals surface area contributed by atoms with Gasteiger partial charge in [0.1, 0.15) is 0 Å². The van der Waals surface area contributed by atoms with Crippen LogP contribution >= 0.6 is 0 Å². The van der Waals surface area contributed by atoms with Gasteiger partial charge in [0, 0.05) is 0 Å². The van der Waals surface area contributed by atoms with Crippen molar-refractivity contribution in [2.24, 2.45) is 10.2 Å². The topological polar surface area (TPSA) is 101 Å². The fraction of sp³-hybridized carbons (Fsp3) is 0.375. The van der Waals surface area contributed by atoms with Gasteiger partial charge in [0.2, 0.25) is 0 Å². The van der Waals surface area contributed by atoms with Gasteiger partial charge in [0.25, 0.3) is 0 Å². The van der Waals surface area contributed by atoms with Crippen LogP contribution in [0, 0.1) is 0 Å². The largest absolute Gasteiger partial charge is 0.449 e. The summed E-state index contributed by atoms with van der Waals surface area (Å²) in [5.74, 6) is 0. The van der Waals surface area contributed by atoms with E-state index < -0.39 is 12.2 Å². The lowest BCUT2D eigenvalue weighted by atomic mass is 10.1. The number of nitrogens with one attached hydrogen (secondary N) is 2. The molecule has 0 heterocycles. The van der Waals surface area contributed by atoms with Gasteiger partial charge in [-0.1, -0.05) is 24.3 Å². The van der Waals surface area contributed by atoms with Crippen LogP contribution in [0.1, 0.15) is 38.8 Å². The van der Waals surface area contributed by atoms with E-state index in [1.54, 1.807) is 27.7 Å². The quantitative estimate of drug-likeness (QED) is 0.617. The van der Waals surface area contributed by atoms with Crippen molar-refractivity contribution < 1.29 is 19.1 Å². The monoisotopic (exact) mass is 334 g/mol. The van der Waals surface area contributed by atoms with Crippen LogP contribution in [0.5, 0.6) is 0 Å². The maximum Gasteiger partial charge on any atom is 0.427 e. The van der Waals surface area contributed by atoms with E-state index >= 15 is 0 Å². The van der Waals surface area contributed by atoms with E-state index in [9.17, 15) is 9.59 Å². The van der Waals surface area contributed by atoms with Crippen LogP contribution in [0.3, 0.4) is 0 Å². The molecule has 0 aliphatic heterocycles. The van der Waals surface area contributed by atoms with Gasteiger partial charge in [-0.3, -0.25) is 0 Å². The molecule has 0 unspecified atom stereocenters. The molecule has 0 bridgehead atoms. The lowest BCUT2D eigenvalue weighted by Crippen LogP contribution is -2.20. The predicted molar refractivity (Wildman–Crippen MR) is 91.2 cm³/mol. The molecule has 24 heavy (non-hydrogen) atoms. The number of hydrazone groups is 2. The fourth-order valence-electron chi connectivity index (χ4n) is 1.67. The molecule has 0 atom stereocenters. The Morgan fingerprint density at radius 1 is 0.833 bits per heavy atom. The highest BCUT2D eigenvalue weighted by Crippen LogP contribution is 2.07. The summed E-state index contributed by atoms with van der Waals surface area (Å²) in [6.45, 7) is 7.54. The number of rotatable bonds is 6. The molecule has 8 heteroatoms. The Morgan fingerprint density at radius 3 is 1.46 bits per heavy atom. The Labute approximate surface area is 140 Å². The molecule has 130 valence electrons. The molecule has 8 nitrogen and oxygen atoms in total. The first-order valence-electron chi connectivity index (χ1n) is 7.52. The molecule has 0 radical (unpaired) electrons. The molecular formula is C16H22N4O4. The first-order chi connectivity index (χ1) is 11.5. The molecule has 1 rings (SSSR count). The summed E-state index contributed by atoms with van der Waals surface area (Å²) in [6.07, 6.45) is -1.19. The average molecular weight is 334 g/mol. The fourth-order valence-corrected chi connectivity index (χ4v) is 1.67. The highest BCUT2D eigenvalue weighted by Gasteiger charge is 2.04. The number of carbonyl (C=O) groups excluding carboxylic acids is 2. The summed E-state index contributed by atoms with van der Waals surface area (Å²) in [5, 5.41) is 7.91. The standard InChI is InChI=1S/C16H22N4O4/c1-5-23-15(21)19-17-11(3)13-7-9-14(10-8-13)12(4)18-20-16(22)24-6-2/h7-10H,5-6H2,1-4H3,(H,19,21)(H,20,22)/b17-11+,18-12+. The summed E-state index contributed by atoms with van der Waals surface area (Å²) in [4.78, 5) is 22.4. The Morgan fingerprint density at radius 2 is 1.17 bits per heavy atom. The normalized spacial score (nSPS) is 11.7. The third-order valence-electron chi connectivity index (χ3n) is 2.90. The number of ether oxygens (including phenoxy) is 2. The van der Waals surface area contributed by atoms with Crippen LogP contribution in [0.4, 0.5) is 9.59 Å². The van der Waals surface area contributed by atoms with Crippen LogP contribution in [0.2, 0.25) is 0 Å². The smallest absolute Gasteiger partial charge is 0.427 e. The van der Waals surface area contributed by atoms with Gasteiger partial charge in [-0.25, -0.2) is 20.4 Å². The van der Waals surface area contributed by atoms with Crippen molar-refractivity contribution in [3.05, 3.63) is 35.4 Å². The molecule has 1 aromatic rings. The number of hydrogen-bond donors (Lipinski definition) is 2. The minimum Gasteiger partial charge on any atom is -0.449 e. The summed E-state index contributed by atoms with van der Waals surface area (Å²) < 4.78 is 9.45. The number of benzene rings is 1. The second kappa shape index (κ2) is 9.98. The second-order valence-electron chi connectivity index (χ2n) is 4.64. The van der Waals surface area contributed by atoms with Crippen molar-refractivity contribution in [3.8, 4) is 0 Å². The minimum absolute atomic E-state index is 0.285. The summed E-state index contributed by atoms with van der Waals surface area (Å²) in [6, 6.07) is 7.35. The predicted octanol–water partition coefficient (Wildman–Crippen LogP) is 2.63. The van der Waals surface area contributed by atoms with Gasteiger partial charge >= 0.3 is 12.2 Å². The van der Waals surface area contributed by atoms with Gasteiger partial charge < -0.3 is 9.47 Å². The van der Waals surface area contributed by atoms with Crippen LogP contribution in [0.25, 0.3) is 0 Å². The van der Waals surface area contributed by atoms with E-state index in [4.69, 9.17) is 9.47 Å². The van der Waals surface area contributed by atoms with Crippen LogP contribution in [-0.4, -0.2) is 36.8 Å². The number of hydrogen-bond acceptors (Lipinski definition) is 6. The second-order valence-corrected chi connectivity index (χ2v) is 4.64. The SMILES string of the molecule is CCOC(=O)N/N=C(\C)c1ccc(/C(C)=N/NC(=O)OCC)cc1. The summed E-state index contributed by atoms with van der Waals surface area (Å²) >= 11 is 0. The molecule has 0 aromatic heterocycles. The molecule has 0 fully saturated rings.